The Morgan fingerprint density at radius 3 is 2.42 bits per heavy atom. The Labute approximate surface area is 113 Å². The maximum absolute atomic E-state index is 10.9. The van der Waals surface area contributed by atoms with Gasteiger partial charge in [0.1, 0.15) is 0 Å². The molecule has 2 rings (SSSR count). The number of fused-ring (bicyclic) bond motifs is 1. The fourth-order valence-corrected chi connectivity index (χ4v) is 2.75. The first-order valence-corrected chi connectivity index (χ1v) is 6.90. The van der Waals surface area contributed by atoms with Crippen LogP contribution in [0.25, 0.3) is 10.9 Å². The predicted octanol–water partition coefficient (Wildman–Crippen LogP) is 4.47. The number of nitro groups is 1. The summed E-state index contributed by atoms with van der Waals surface area (Å²) in [5.74, 6) is 0. The summed E-state index contributed by atoms with van der Waals surface area (Å²) in [6, 6.07) is 7.70. The van der Waals surface area contributed by atoms with Crippen LogP contribution in [0, 0.1) is 10.1 Å². The molecule has 0 N–H and O–H groups in total. The second-order valence-corrected chi connectivity index (χ2v) is 4.83. The third-order valence-corrected chi connectivity index (χ3v) is 3.78. The highest BCUT2D eigenvalue weighted by molar-refractivity contribution is 5.83. The van der Waals surface area contributed by atoms with E-state index in [4.69, 9.17) is 0 Å². The fourth-order valence-electron chi connectivity index (χ4n) is 2.75. The number of non-ortho nitro benzene ring substituents is 1. The lowest BCUT2D eigenvalue weighted by Gasteiger charge is -2.19. The van der Waals surface area contributed by atoms with E-state index in [1.54, 1.807) is 12.1 Å². The first kappa shape index (κ1) is 13.6. The molecule has 0 saturated carbocycles. The Hall–Kier alpha value is -1.84. The molecule has 0 aliphatic heterocycles. The van der Waals surface area contributed by atoms with Gasteiger partial charge in [0.15, 0.2) is 0 Å². The smallest absolute Gasteiger partial charge is 0.270 e. The largest absolute Gasteiger partial charge is 0.342 e. The summed E-state index contributed by atoms with van der Waals surface area (Å²) in [5.41, 5.74) is 2.53. The van der Waals surface area contributed by atoms with Gasteiger partial charge in [0.05, 0.1) is 4.92 Å². The zero-order valence-electron chi connectivity index (χ0n) is 11.7. The van der Waals surface area contributed by atoms with Crippen molar-refractivity contribution in [2.24, 2.45) is 0 Å². The quantitative estimate of drug-likeness (QED) is 0.588. The van der Waals surface area contributed by atoms with Crippen molar-refractivity contribution in [1.82, 2.24) is 4.57 Å². The SMILES string of the molecule is CCc1cc2cc([N+](=O)[O-])ccc2n1C(CC)CC. The van der Waals surface area contributed by atoms with Crippen molar-refractivity contribution in [3.05, 3.63) is 40.1 Å². The molecule has 102 valence electrons. The zero-order chi connectivity index (χ0) is 14.0. The highest BCUT2D eigenvalue weighted by Crippen LogP contribution is 2.30. The summed E-state index contributed by atoms with van der Waals surface area (Å²) in [4.78, 5) is 10.5. The van der Waals surface area contributed by atoms with Gasteiger partial charge in [-0.1, -0.05) is 20.8 Å². The molecule has 0 aliphatic rings. The third-order valence-electron chi connectivity index (χ3n) is 3.78. The van der Waals surface area contributed by atoms with E-state index in [0.717, 1.165) is 30.2 Å². The standard InChI is InChI=1S/C15H20N2O2/c1-4-12(5-2)16-13(6-3)9-11-10-14(17(18)19)7-8-15(11)16/h7-10,12H,4-6H2,1-3H3. The van der Waals surface area contributed by atoms with E-state index in [2.05, 4.69) is 31.4 Å². The monoisotopic (exact) mass is 260 g/mol. The average molecular weight is 260 g/mol. The molecule has 1 aromatic heterocycles. The number of benzene rings is 1. The Kier molecular flexibility index (Phi) is 3.88. The van der Waals surface area contributed by atoms with Gasteiger partial charge in [-0.3, -0.25) is 10.1 Å². The van der Waals surface area contributed by atoms with Crippen LogP contribution in [0.5, 0.6) is 0 Å². The average Bonchev–Trinajstić information content (AvgIpc) is 2.78. The molecule has 0 saturated heterocycles. The van der Waals surface area contributed by atoms with Crippen molar-refractivity contribution in [2.45, 2.75) is 46.1 Å². The predicted molar refractivity (Wildman–Crippen MR) is 77.6 cm³/mol. The molecule has 0 aliphatic carbocycles. The molecule has 0 amide bonds. The van der Waals surface area contributed by atoms with Crippen LogP contribution in [0.1, 0.15) is 45.3 Å². The van der Waals surface area contributed by atoms with E-state index in [9.17, 15) is 10.1 Å². The minimum atomic E-state index is -0.334. The summed E-state index contributed by atoms with van der Waals surface area (Å²) >= 11 is 0. The highest BCUT2D eigenvalue weighted by atomic mass is 16.6. The number of hydrogen-bond donors (Lipinski definition) is 0. The van der Waals surface area contributed by atoms with Gasteiger partial charge in [-0.25, -0.2) is 0 Å². The normalized spacial score (nSPS) is 11.4. The number of aryl methyl sites for hydroxylation is 1. The van der Waals surface area contributed by atoms with Crippen molar-refractivity contribution in [2.75, 3.05) is 0 Å². The van der Waals surface area contributed by atoms with Crippen molar-refractivity contribution in [1.29, 1.82) is 0 Å². The first-order valence-electron chi connectivity index (χ1n) is 6.90. The Balaban J connectivity index is 2.65. The lowest BCUT2D eigenvalue weighted by Crippen LogP contribution is -2.09. The number of nitro benzene ring substituents is 1. The van der Waals surface area contributed by atoms with E-state index < -0.39 is 0 Å². The van der Waals surface area contributed by atoms with Gasteiger partial charge in [0.2, 0.25) is 0 Å². The van der Waals surface area contributed by atoms with Gasteiger partial charge in [0.25, 0.3) is 5.69 Å². The van der Waals surface area contributed by atoms with Gasteiger partial charge in [-0.05, 0) is 31.4 Å². The van der Waals surface area contributed by atoms with E-state index >= 15 is 0 Å². The van der Waals surface area contributed by atoms with Crippen molar-refractivity contribution >= 4 is 16.6 Å². The van der Waals surface area contributed by atoms with E-state index in [1.807, 2.05) is 6.07 Å². The molecule has 1 aromatic carbocycles. The molecule has 0 spiro atoms. The molecule has 0 atom stereocenters. The second-order valence-electron chi connectivity index (χ2n) is 4.83. The lowest BCUT2D eigenvalue weighted by molar-refractivity contribution is -0.384. The maximum atomic E-state index is 10.9. The molecule has 0 bridgehead atoms. The number of rotatable bonds is 5. The first-order chi connectivity index (χ1) is 9.12. The highest BCUT2D eigenvalue weighted by Gasteiger charge is 2.16. The molecule has 19 heavy (non-hydrogen) atoms. The number of aromatic nitrogens is 1. The molecular weight excluding hydrogens is 240 g/mol. The molecule has 0 radical (unpaired) electrons. The number of hydrogen-bond acceptors (Lipinski definition) is 2. The molecule has 0 fully saturated rings. The second kappa shape index (κ2) is 5.43. The van der Waals surface area contributed by atoms with E-state index in [1.165, 1.54) is 5.69 Å². The maximum Gasteiger partial charge on any atom is 0.270 e. The van der Waals surface area contributed by atoms with Gasteiger partial charge >= 0.3 is 0 Å². The van der Waals surface area contributed by atoms with Crippen LogP contribution in [-0.2, 0) is 6.42 Å². The van der Waals surface area contributed by atoms with Crippen LogP contribution in [0.4, 0.5) is 5.69 Å². The lowest BCUT2D eigenvalue weighted by atomic mass is 10.1. The Bertz CT molecular complexity index is 597. The van der Waals surface area contributed by atoms with Crippen LogP contribution in [0.2, 0.25) is 0 Å². The van der Waals surface area contributed by atoms with Gasteiger partial charge < -0.3 is 4.57 Å². The number of nitrogens with zero attached hydrogens (tertiary/aromatic N) is 2. The van der Waals surface area contributed by atoms with E-state index in [0.29, 0.717) is 6.04 Å². The minimum Gasteiger partial charge on any atom is -0.342 e. The summed E-state index contributed by atoms with van der Waals surface area (Å²) < 4.78 is 2.35. The third kappa shape index (κ3) is 2.35. The topological polar surface area (TPSA) is 48.1 Å². The summed E-state index contributed by atoms with van der Waals surface area (Å²) in [6.45, 7) is 6.50. The van der Waals surface area contributed by atoms with Crippen LogP contribution < -0.4 is 0 Å². The zero-order valence-corrected chi connectivity index (χ0v) is 11.7. The molecule has 0 unspecified atom stereocenters. The molecule has 4 heteroatoms. The molecule has 1 heterocycles. The molecule has 4 nitrogen and oxygen atoms in total. The fraction of sp³-hybridized carbons (Fsp3) is 0.467. The molecular formula is C15H20N2O2. The van der Waals surface area contributed by atoms with Gasteiger partial charge in [-0.15, -0.1) is 0 Å². The van der Waals surface area contributed by atoms with Crippen molar-refractivity contribution in [3.63, 3.8) is 0 Å². The van der Waals surface area contributed by atoms with Crippen molar-refractivity contribution in [3.8, 4) is 0 Å². The summed E-state index contributed by atoms with van der Waals surface area (Å²) in [6.07, 6.45) is 3.09. The van der Waals surface area contributed by atoms with Crippen LogP contribution >= 0.6 is 0 Å². The summed E-state index contributed by atoms with van der Waals surface area (Å²) in [7, 11) is 0. The minimum absolute atomic E-state index is 0.164. The van der Waals surface area contributed by atoms with Crippen LogP contribution in [-0.4, -0.2) is 9.49 Å². The Morgan fingerprint density at radius 1 is 1.21 bits per heavy atom. The summed E-state index contributed by atoms with van der Waals surface area (Å²) in [5, 5.41) is 11.8. The van der Waals surface area contributed by atoms with Gasteiger partial charge in [-0.2, -0.15) is 0 Å². The van der Waals surface area contributed by atoms with Crippen molar-refractivity contribution < 1.29 is 4.92 Å². The Morgan fingerprint density at radius 2 is 1.89 bits per heavy atom. The van der Waals surface area contributed by atoms with Crippen LogP contribution in [0.15, 0.2) is 24.3 Å². The molecule has 2 aromatic rings. The van der Waals surface area contributed by atoms with Gasteiger partial charge in [0, 0.05) is 34.8 Å². The van der Waals surface area contributed by atoms with E-state index in [-0.39, 0.29) is 10.6 Å². The van der Waals surface area contributed by atoms with Crippen LogP contribution in [0.3, 0.4) is 0 Å².